The number of aliphatic hydroxyl groups excluding tert-OH is 1. The molecule has 0 saturated carbocycles. The Hall–Kier alpha value is -3.12. The highest BCUT2D eigenvalue weighted by molar-refractivity contribution is 6.06. The molecule has 1 aliphatic rings. The monoisotopic (exact) mass is 402 g/mol. The van der Waals surface area contributed by atoms with Crippen LogP contribution in [0.25, 0.3) is 21.9 Å². The molecule has 0 aliphatic heterocycles. The number of aliphatic hydroxyl groups is 1. The van der Waals surface area contributed by atoms with Gasteiger partial charge in [0.1, 0.15) is 11.5 Å². The van der Waals surface area contributed by atoms with E-state index in [1.165, 1.54) is 16.5 Å². The summed E-state index contributed by atoms with van der Waals surface area (Å²) in [6, 6.07) is 14.4. The highest BCUT2D eigenvalue weighted by Gasteiger charge is 2.26. The minimum Gasteiger partial charge on any atom is -0.411 e. The molecule has 1 atom stereocenters. The first kappa shape index (κ1) is 18.9. The summed E-state index contributed by atoms with van der Waals surface area (Å²) in [5.41, 5.74) is 7.16. The summed E-state index contributed by atoms with van der Waals surface area (Å²) in [6.45, 7) is 4.95. The van der Waals surface area contributed by atoms with Crippen LogP contribution in [0.15, 0.2) is 47.6 Å². The molecule has 2 heterocycles. The highest BCUT2D eigenvalue weighted by atomic mass is 16.4. The number of hydrogen-bond acceptors (Lipinski definition) is 4. The molecule has 5 rings (SSSR count). The lowest BCUT2D eigenvalue weighted by Crippen LogP contribution is -2.26. The van der Waals surface area contributed by atoms with E-state index in [1.807, 2.05) is 31.2 Å². The quantitative estimate of drug-likeness (QED) is 0.397. The fourth-order valence-corrected chi connectivity index (χ4v) is 4.86. The Labute approximate surface area is 175 Å². The summed E-state index contributed by atoms with van der Waals surface area (Å²) >= 11 is 0. The number of nitrogens with zero attached hydrogens (tertiary/aromatic N) is 4. The molecule has 2 aromatic carbocycles. The van der Waals surface area contributed by atoms with E-state index in [4.69, 9.17) is 0 Å². The van der Waals surface area contributed by atoms with Crippen molar-refractivity contribution < 1.29 is 10.3 Å². The summed E-state index contributed by atoms with van der Waals surface area (Å²) in [6.07, 6.45) is 2.08. The van der Waals surface area contributed by atoms with Crippen molar-refractivity contribution in [1.82, 2.24) is 14.1 Å². The largest absolute Gasteiger partial charge is 0.411 e. The van der Waals surface area contributed by atoms with E-state index < -0.39 is 6.10 Å². The molecule has 154 valence electrons. The molecule has 0 bridgehead atoms. The van der Waals surface area contributed by atoms with Crippen LogP contribution >= 0.6 is 0 Å². The maximum Gasteiger partial charge on any atom is 0.106 e. The van der Waals surface area contributed by atoms with Crippen LogP contribution in [0.5, 0.6) is 0 Å². The van der Waals surface area contributed by atoms with Crippen LogP contribution in [0.2, 0.25) is 0 Å². The highest BCUT2D eigenvalue weighted by Crippen LogP contribution is 2.33. The molecule has 0 unspecified atom stereocenters. The third-order valence-electron chi connectivity index (χ3n) is 6.19. The molecule has 0 saturated heterocycles. The van der Waals surface area contributed by atoms with Gasteiger partial charge in [-0.2, -0.15) is 0 Å². The first-order valence-electron chi connectivity index (χ1n) is 10.5. The van der Waals surface area contributed by atoms with Gasteiger partial charge in [-0.3, -0.25) is 0 Å². The Morgan fingerprint density at radius 3 is 2.67 bits per heavy atom. The molecular formula is C24H26N4O2. The van der Waals surface area contributed by atoms with Crippen molar-refractivity contribution in [2.75, 3.05) is 0 Å². The number of rotatable bonds is 4. The number of para-hydroxylation sites is 2. The Balaban J connectivity index is 1.56. The number of aromatic nitrogens is 3. The minimum atomic E-state index is -0.607. The molecule has 0 amide bonds. The second-order valence-corrected chi connectivity index (χ2v) is 8.27. The molecule has 30 heavy (non-hydrogen) atoms. The van der Waals surface area contributed by atoms with Gasteiger partial charge >= 0.3 is 0 Å². The molecule has 4 aromatic rings. The second kappa shape index (κ2) is 7.29. The molecule has 6 heteroatoms. The molecule has 0 fully saturated rings. The van der Waals surface area contributed by atoms with E-state index in [-0.39, 0.29) is 0 Å². The molecule has 0 spiro atoms. The van der Waals surface area contributed by atoms with Crippen LogP contribution in [-0.2, 0) is 19.5 Å². The lowest BCUT2D eigenvalue weighted by molar-refractivity contribution is 0.136. The average Bonchev–Trinajstić information content (AvgIpc) is 3.22. The van der Waals surface area contributed by atoms with E-state index in [0.717, 1.165) is 47.3 Å². The van der Waals surface area contributed by atoms with Crippen molar-refractivity contribution in [2.45, 2.75) is 52.3 Å². The summed E-state index contributed by atoms with van der Waals surface area (Å²) in [4.78, 5) is 4.61. The van der Waals surface area contributed by atoms with Gasteiger partial charge in [0.05, 0.1) is 35.9 Å². The van der Waals surface area contributed by atoms with Crippen molar-refractivity contribution in [2.24, 2.45) is 5.16 Å². The fourth-order valence-electron chi connectivity index (χ4n) is 4.86. The van der Waals surface area contributed by atoms with Crippen molar-refractivity contribution in [1.29, 1.82) is 0 Å². The Morgan fingerprint density at radius 2 is 1.83 bits per heavy atom. The predicted molar refractivity (Wildman–Crippen MR) is 118 cm³/mol. The van der Waals surface area contributed by atoms with Crippen LogP contribution < -0.4 is 0 Å². The molecule has 0 radical (unpaired) electrons. The summed E-state index contributed by atoms with van der Waals surface area (Å²) in [5, 5.41) is 25.5. The van der Waals surface area contributed by atoms with E-state index in [2.05, 4.69) is 44.4 Å². The van der Waals surface area contributed by atoms with Crippen LogP contribution in [0.1, 0.15) is 35.5 Å². The molecule has 2 N–H and O–H groups in total. The number of aryl methyl sites for hydroxylation is 3. The van der Waals surface area contributed by atoms with E-state index >= 15 is 0 Å². The number of fused-ring (bicyclic) bond motifs is 4. The predicted octanol–water partition coefficient (Wildman–Crippen LogP) is 4.18. The third kappa shape index (κ3) is 2.99. The number of oxime groups is 1. The van der Waals surface area contributed by atoms with Gasteiger partial charge in [-0.05, 0) is 62.9 Å². The zero-order chi connectivity index (χ0) is 20.8. The number of hydrogen-bond donors (Lipinski definition) is 2. The van der Waals surface area contributed by atoms with Crippen LogP contribution in [0.4, 0.5) is 0 Å². The van der Waals surface area contributed by atoms with Gasteiger partial charge in [0.25, 0.3) is 0 Å². The lowest BCUT2D eigenvalue weighted by atomic mass is 9.93. The zero-order valence-electron chi connectivity index (χ0n) is 17.3. The maximum atomic E-state index is 11.1. The van der Waals surface area contributed by atoms with Gasteiger partial charge in [0, 0.05) is 10.9 Å². The van der Waals surface area contributed by atoms with Gasteiger partial charge in [-0.15, -0.1) is 0 Å². The normalized spacial score (nSPS) is 16.4. The van der Waals surface area contributed by atoms with Gasteiger partial charge < -0.3 is 19.4 Å². The summed E-state index contributed by atoms with van der Waals surface area (Å²) in [7, 11) is 0. The number of imidazole rings is 1. The average molecular weight is 402 g/mol. The standard InChI is InChI=1S/C24H26N4O2/c1-15-10-11-22-19(12-15)18-6-5-8-21(26-30)24(18)28(22)14-17(29)13-27-16(2)25-20-7-3-4-9-23(20)27/h3-4,7,9-12,17,29-30H,5-6,8,13-14H2,1-2H3/t17-/m1/s1. The Kier molecular flexibility index (Phi) is 4.59. The summed E-state index contributed by atoms with van der Waals surface area (Å²) < 4.78 is 4.21. The van der Waals surface area contributed by atoms with Gasteiger partial charge in [0.15, 0.2) is 0 Å². The van der Waals surface area contributed by atoms with Gasteiger partial charge in [-0.25, -0.2) is 4.98 Å². The van der Waals surface area contributed by atoms with E-state index in [9.17, 15) is 10.3 Å². The SMILES string of the molecule is Cc1ccc2c(c1)c1c(n2C[C@H](O)Cn2c(C)nc3ccccc32)C(=NO)CCC1. The van der Waals surface area contributed by atoms with Crippen LogP contribution in [0, 0.1) is 13.8 Å². The minimum absolute atomic E-state index is 0.430. The Morgan fingerprint density at radius 1 is 1.03 bits per heavy atom. The third-order valence-corrected chi connectivity index (χ3v) is 6.19. The number of benzene rings is 2. The summed E-state index contributed by atoms with van der Waals surface area (Å²) in [5.74, 6) is 0.892. The molecule has 1 aliphatic carbocycles. The molecule has 2 aromatic heterocycles. The molecular weight excluding hydrogens is 376 g/mol. The smallest absolute Gasteiger partial charge is 0.106 e. The maximum absolute atomic E-state index is 11.1. The topological polar surface area (TPSA) is 75.6 Å². The van der Waals surface area contributed by atoms with E-state index in [0.29, 0.717) is 18.8 Å². The fraction of sp³-hybridized carbons (Fsp3) is 0.333. The van der Waals surface area contributed by atoms with Crippen molar-refractivity contribution in [3.8, 4) is 0 Å². The van der Waals surface area contributed by atoms with E-state index in [1.54, 1.807) is 0 Å². The van der Waals surface area contributed by atoms with Crippen LogP contribution in [0.3, 0.4) is 0 Å². The van der Waals surface area contributed by atoms with Gasteiger partial charge in [-0.1, -0.05) is 28.9 Å². The van der Waals surface area contributed by atoms with Crippen LogP contribution in [-0.4, -0.2) is 36.2 Å². The first-order valence-corrected chi connectivity index (χ1v) is 10.5. The molecule has 6 nitrogen and oxygen atoms in total. The Bertz CT molecular complexity index is 1280. The lowest BCUT2D eigenvalue weighted by Gasteiger charge is -2.20. The van der Waals surface area contributed by atoms with Crippen molar-refractivity contribution in [3.63, 3.8) is 0 Å². The van der Waals surface area contributed by atoms with Crippen molar-refractivity contribution >= 4 is 27.6 Å². The first-order chi connectivity index (χ1) is 14.6. The van der Waals surface area contributed by atoms with Gasteiger partial charge in [0.2, 0.25) is 0 Å². The zero-order valence-corrected chi connectivity index (χ0v) is 17.3. The van der Waals surface area contributed by atoms with Crippen molar-refractivity contribution in [3.05, 3.63) is 65.1 Å². The second-order valence-electron chi connectivity index (χ2n) is 8.27.